The van der Waals surface area contributed by atoms with Gasteiger partial charge in [0.05, 0.1) is 17.0 Å². The molecule has 6 nitrogen and oxygen atoms in total. The number of alkyl halides is 3. The number of non-ortho nitro benzene ring substituents is 1. The first-order valence-corrected chi connectivity index (χ1v) is 6.27. The molecular weight excluding hydrogens is 301 g/mol. The first-order chi connectivity index (χ1) is 10.0. The summed E-state index contributed by atoms with van der Waals surface area (Å²) in [7, 11) is 6.97. The zero-order valence-electron chi connectivity index (χ0n) is 12.7. The Balaban J connectivity index is 3.22. The Labute approximate surface area is 126 Å². The van der Waals surface area contributed by atoms with Gasteiger partial charge < -0.3 is 9.80 Å². The Bertz CT molecular complexity index is 573. The molecule has 22 heavy (non-hydrogen) atoms. The number of nitro benzene ring substituents is 1. The summed E-state index contributed by atoms with van der Waals surface area (Å²) in [6, 6.07) is 2.49. The van der Waals surface area contributed by atoms with Crippen LogP contribution in [0.5, 0.6) is 0 Å². The van der Waals surface area contributed by atoms with E-state index in [2.05, 4.69) is 4.99 Å². The first kappa shape index (κ1) is 17.7. The molecule has 0 atom stereocenters. The van der Waals surface area contributed by atoms with Crippen molar-refractivity contribution in [2.45, 2.75) is 12.7 Å². The van der Waals surface area contributed by atoms with Crippen molar-refractivity contribution in [3.8, 4) is 0 Å². The predicted octanol–water partition coefficient (Wildman–Crippen LogP) is 2.59. The average Bonchev–Trinajstić information content (AvgIpc) is 2.36. The van der Waals surface area contributed by atoms with E-state index in [-0.39, 0.29) is 12.1 Å². The standard InChI is InChI=1S/C13H17F3N4O2/c1-18(2)12(19(3)4)17-8-9-5-10(13(14,15)16)7-11(6-9)20(21)22/h5-7H,8H2,1-4H3. The van der Waals surface area contributed by atoms with Crippen LogP contribution in [0.4, 0.5) is 18.9 Å². The molecule has 0 aliphatic rings. The highest BCUT2D eigenvalue weighted by molar-refractivity contribution is 5.79. The lowest BCUT2D eigenvalue weighted by Gasteiger charge is -2.22. The van der Waals surface area contributed by atoms with Crippen molar-refractivity contribution < 1.29 is 18.1 Å². The van der Waals surface area contributed by atoms with Gasteiger partial charge in [-0.15, -0.1) is 0 Å². The van der Waals surface area contributed by atoms with Crippen LogP contribution in [0.3, 0.4) is 0 Å². The average molecular weight is 318 g/mol. The lowest BCUT2D eigenvalue weighted by atomic mass is 10.1. The molecule has 0 fully saturated rings. The molecule has 0 aromatic heterocycles. The van der Waals surface area contributed by atoms with Crippen molar-refractivity contribution in [2.24, 2.45) is 4.99 Å². The molecule has 122 valence electrons. The van der Waals surface area contributed by atoms with Crippen LogP contribution >= 0.6 is 0 Å². The molecule has 0 aliphatic heterocycles. The molecule has 9 heteroatoms. The molecule has 0 unspecified atom stereocenters. The molecule has 1 rings (SSSR count). The van der Waals surface area contributed by atoms with Crippen LogP contribution in [0.15, 0.2) is 23.2 Å². The molecule has 0 N–H and O–H groups in total. The van der Waals surface area contributed by atoms with Crippen LogP contribution in [0.25, 0.3) is 0 Å². The summed E-state index contributed by atoms with van der Waals surface area (Å²) >= 11 is 0. The maximum Gasteiger partial charge on any atom is 0.416 e. The van der Waals surface area contributed by atoms with Crippen molar-refractivity contribution in [1.29, 1.82) is 0 Å². The number of rotatable bonds is 3. The smallest absolute Gasteiger partial charge is 0.349 e. The number of guanidine groups is 1. The third kappa shape index (κ3) is 4.61. The summed E-state index contributed by atoms with van der Waals surface area (Å²) in [4.78, 5) is 17.5. The summed E-state index contributed by atoms with van der Waals surface area (Å²) in [5, 5.41) is 10.8. The van der Waals surface area contributed by atoms with Crippen molar-refractivity contribution >= 4 is 11.6 Å². The second-order valence-electron chi connectivity index (χ2n) is 5.05. The van der Waals surface area contributed by atoms with Gasteiger partial charge in [0.2, 0.25) is 0 Å². The number of hydrogen-bond donors (Lipinski definition) is 0. The maximum atomic E-state index is 12.8. The van der Waals surface area contributed by atoms with Crippen LogP contribution in [-0.2, 0) is 12.7 Å². The normalized spacial score (nSPS) is 11.0. The van der Waals surface area contributed by atoms with Crippen LogP contribution in [-0.4, -0.2) is 48.9 Å². The third-order valence-electron chi connectivity index (χ3n) is 2.72. The van der Waals surface area contributed by atoms with Gasteiger partial charge in [-0.3, -0.25) is 10.1 Å². The minimum atomic E-state index is -4.64. The van der Waals surface area contributed by atoms with Gasteiger partial charge in [-0.25, -0.2) is 4.99 Å². The minimum Gasteiger partial charge on any atom is -0.349 e. The lowest BCUT2D eigenvalue weighted by Crippen LogP contribution is -2.35. The predicted molar refractivity (Wildman–Crippen MR) is 76.6 cm³/mol. The Morgan fingerprint density at radius 1 is 1.18 bits per heavy atom. The molecule has 0 saturated carbocycles. The fourth-order valence-electron chi connectivity index (χ4n) is 1.88. The van der Waals surface area contributed by atoms with Crippen LogP contribution < -0.4 is 0 Å². The quantitative estimate of drug-likeness (QED) is 0.372. The summed E-state index contributed by atoms with van der Waals surface area (Å²) in [6.45, 7) is -0.0869. The highest BCUT2D eigenvalue weighted by Gasteiger charge is 2.32. The molecule has 0 amide bonds. The lowest BCUT2D eigenvalue weighted by molar-refractivity contribution is -0.385. The summed E-state index contributed by atoms with van der Waals surface area (Å²) in [5.74, 6) is 0.542. The zero-order chi connectivity index (χ0) is 17.1. The summed E-state index contributed by atoms with van der Waals surface area (Å²) < 4.78 is 38.4. The molecular formula is C13H17F3N4O2. The van der Waals surface area contributed by atoms with E-state index in [1.165, 1.54) is 0 Å². The number of nitrogens with zero attached hydrogens (tertiary/aromatic N) is 4. The van der Waals surface area contributed by atoms with Crippen LogP contribution in [0.2, 0.25) is 0 Å². The van der Waals surface area contributed by atoms with Crippen molar-refractivity contribution in [3.05, 3.63) is 39.4 Å². The Hall–Kier alpha value is -2.32. The van der Waals surface area contributed by atoms with Crippen molar-refractivity contribution in [2.75, 3.05) is 28.2 Å². The summed E-state index contributed by atoms with van der Waals surface area (Å²) in [5.41, 5.74) is -1.53. The van der Waals surface area contributed by atoms with E-state index in [4.69, 9.17) is 0 Å². The minimum absolute atomic E-state index is 0.0869. The number of aliphatic imine (C=N–C) groups is 1. The highest BCUT2D eigenvalue weighted by Crippen LogP contribution is 2.32. The fraction of sp³-hybridized carbons (Fsp3) is 0.462. The van der Waals surface area contributed by atoms with E-state index in [0.717, 1.165) is 12.1 Å². The summed E-state index contributed by atoms with van der Waals surface area (Å²) in [6.07, 6.45) is -4.64. The second kappa shape index (κ2) is 6.63. The topological polar surface area (TPSA) is 62.0 Å². The van der Waals surface area contributed by atoms with Gasteiger partial charge >= 0.3 is 6.18 Å². The molecule has 0 radical (unpaired) electrons. The molecule has 1 aromatic carbocycles. The number of hydrogen-bond acceptors (Lipinski definition) is 3. The molecule has 0 aliphatic carbocycles. The zero-order valence-corrected chi connectivity index (χ0v) is 12.7. The Kier molecular flexibility index (Phi) is 5.34. The first-order valence-electron chi connectivity index (χ1n) is 6.27. The van der Waals surface area contributed by atoms with Gasteiger partial charge in [0.25, 0.3) is 5.69 Å². The second-order valence-corrected chi connectivity index (χ2v) is 5.05. The van der Waals surface area contributed by atoms with Gasteiger partial charge in [0.15, 0.2) is 5.96 Å². The fourth-order valence-corrected chi connectivity index (χ4v) is 1.88. The highest BCUT2D eigenvalue weighted by atomic mass is 19.4. The van der Waals surface area contributed by atoms with E-state index in [0.29, 0.717) is 12.0 Å². The largest absolute Gasteiger partial charge is 0.416 e. The van der Waals surface area contributed by atoms with Gasteiger partial charge in [0.1, 0.15) is 0 Å². The maximum absolute atomic E-state index is 12.8. The molecule has 0 saturated heterocycles. The van der Waals surface area contributed by atoms with Gasteiger partial charge in [-0.1, -0.05) is 0 Å². The van der Waals surface area contributed by atoms with E-state index in [9.17, 15) is 23.3 Å². The van der Waals surface area contributed by atoms with E-state index < -0.39 is 22.4 Å². The number of halogens is 3. The van der Waals surface area contributed by atoms with Crippen LogP contribution in [0, 0.1) is 10.1 Å². The van der Waals surface area contributed by atoms with Gasteiger partial charge in [-0.05, 0) is 11.6 Å². The number of benzene rings is 1. The molecule has 0 spiro atoms. The number of nitro groups is 1. The van der Waals surface area contributed by atoms with Crippen LogP contribution in [0.1, 0.15) is 11.1 Å². The molecule has 1 aromatic rings. The van der Waals surface area contributed by atoms with Gasteiger partial charge in [0, 0.05) is 40.3 Å². The Morgan fingerprint density at radius 2 is 1.73 bits per heavy atom. The van der Waals surface area contributed by atoms with Crippen molar-refractivity contribution in [3.63, 3.8) is 0 Å². The monoisotopic (exact) mass is 318 g/mol. The molecule has 0 bridgehead atoms. The van der Waals surface area contributed by atoms with E-state index >= 15 is 0 Å². The Morgan fingerprint density at radius 3 is 2.14 bits per heavy atom. The SMILES string of the molecule is CN(C)C(=NCc1cc([N+](=O)[O-])cc(C(F)(F)F)c1)N(C)C. The third-order valence-corrected chi connectivity index (χ3v) is 2.72. The molecule has 0 heterocycles. The van der Waals surface area contributed by atoms with Crippen molar-refractivity contribution in [1.82, 2.24) is 9.80 Å². The van der Waals surface area contributed by atoms with Gasteiger partial charge in [-0.2, -0.15) is 13.2 Å². The van der Waals surface area contributed by atoms with E-state index in [1.54, 1.807) is 38.0 Å². The van der Waals surface area contributed by atoms with E-state index in [1.807, 2.05) is 0 Å².